The third-order valence-corrected chi connectivity index (χ3v) is 5.14. The Morgan fingerprint density at radius 3 is 2.56 bits per heavy atom. The monoisotopic (exact) mass is 358 g/mol. The standard InChI is InChI=1S/C18H25F3N2O2/c1-3-17(4-2,12-22)16(24)23-8-9-25-15(11-23)13-6-5-7-14(10-13)18(19,20)21/h5-7,10,15H,3-4,8-9,11-12,22H2,1-2H3. The van der Waals surface area contributed by atoms with Crippen LogP contribution in [0.2, 0.25) is 0 Å². The summed E-state index contributed by atoms with van der Waals surface area (Å²) in [7, 11) is 0. The largest absolute Gasteiger partial charge is 0.416 e. The first-order chi connectivity index (χ1) is 11.8. The highest BCUT2D eigenvalue weighted by atomic mass is 19.4. The van der Waals surface area contributed by atoms with Gasteiger partial charge in [-0.3, -0.25) is 4.79 Å². The van der Waals surface area contributed by atoms with Gasteiger partial charge in [0.1, 0.15) is 6.10 Å². The van der Waals surface area contributed by atoms with Crippen molar-refractivity contribution in [2.24, 2.45) is 11.1 Å². The van der Waals surface area contributed by atoms with Crippen LogP contribution in [0.4, 0.5) is 13.2 Å². The summed E-state index contributed by atoms with van der Waals surface area (Å²) in [5.41, 5.74) is 4.95. The van der Waals surface area contributed by atoms with E-state index in [9.17, 15) is 18.0 Å². The molecule has 0 radical (unpaired) electrons. The summed E-state index contributed by atoms with van der Waals surface area (Å²) >= 11 is 0. The quantitative estimate of drug-likeness (QED) is 0.878. The zero-order chi connectivity index (χ0) is 18.7. The summed E-state index contributed by atoms with van der Waals surface area (Å²) in [6, 6.07) is 5.09. The number of benzene rings is 1. The van der Waals surface area contributed by atoms with E-state index in [1.165, 1.54) is 6.07 Å². The number of hydrogen-bond acceptors (Lipinski definition) is 3. The van der Waals surface area contributed by atoms with Crippen molar-refractivity contribution in [3.63, 3.8) is 0 Å². The van der Waals surface area contributed by atoms with Crippen molar-refractivity contribution < 1.29 is 22.7 Å². The lowest BCUT2D eigenvalue weighted by Gasteiger charge is -2.39. The minimum atomic E-state index is -4.40. The van der Waals surface area contributed by atoms with Crippen LogP contribution >= 0.6 is 0 Å². The van der Waals surface area contributed by atoms with Gasteiger partial charge in [-0.2, -0.15) is 13.2 Å². The van der Waals surface area contributed by atoms with E-state index < -0.39 is 23.3 Å². The lowest BCUT2D eigenvalue weighted by atomic mass is 9.80. The number of rotatable bonds is 5. The van der Waals surface area contributed by atoms with Gasteiger partial charge in [0.25, 0.3) is 0 Å². The predicted molar refractivity (Wildman–Crippen MR) is 88.8 cm³/mol. The van der Waals surface area contributed by atoms with Gasteiger partial charge in [-0.1, -0.05) is 26.0 Å². The first-order valence-corrected chi connectivity index (χ1v) is 8.55. The van der Waals surface area contributed by atoms with Gasteiger partial charge >= 0.3 is 6.18 Å². The second-order valence-corrected chi connectivity index (χ2v) is 6.43. The number of carbonyl (C=O) groups is 1. The molecule has 1 amide bonds. The summed E-state index contributed by atoms with van der Waals surface area (Å²) in [5.74, 6) is -0.0414. The first kappa shape index (κ1) is 19.7. The van der Waals surface area contributed by atoms with Gasteiger partial charge in [-0.15, -0.1) is 0 Å². The van der Waals surface area contributed by atoms with Gasteiger partial charge in [-0.05, 0) is 30.5 Å². The van der Waals surface area contributed by atoms with Gasteiger partial charge in [0.05, 0.1) is 24.1 Å². The lowest BCUT2D eigenvalue weighted by molar-refractivity contribution is -0.150. The number of carbonyl (C=O) groups excluding carboxylic acids is 1. The van der Waals surface area contributed by atoms with Crippen LogP contribution in [0.15, 0.2) is 24.3 Å². The van der Waals surface area contributed by atoms with Crippen molar-refractivity contribution in [2.45, 2.75) is 39.0 Å². The van der Waals surface area contributed by atoms with Crippen LogP contribution in [0, 0.1) is 5.41 Å². The van der Waals surface area contributed by atoms with Gasteiger partial charge in [-0.25, -0.2) is 0 Å². The predicted octanol–water partition coefficient (Wildman–Crippen LogP) is 3.37. The SMILES string of the molecule is CCC(CC)(CN)C(=O)N1CCOC(c2cccc(C(F)(F)F)c2)C1. The average Bonchev–Trinajstić information content (AvgIpc) is 2.63. The number of hydrogen-bond donors (Lipinski definition) is 1. The Hall–Kier alpha value is -1.60. The van der Waals surface area contributed by atoms with Crippen molar-refractivity contribution in [3.05, 3.63) is 35.4 Å². The van der Waals surface area contributed by atoms with E-state index in [0.29, 0.717) is 31.6 Å². The van der Waals surface area contributed by atoms with Gasteiger partial charge in [0.2, 0.25) is 5.91 Å². The minimum absolute atomic E-state index is 0.0414. The van der Waals surface area contributed by atoms with Crippen LogP contribution in [-0.2, 0) is 15.7 Å². The molecule has 2 N–H and O–H groups in total. The summed E-state index contributed by atoms with van der Waals surface area (Å²) < 4.78 is 44.4. The second kappa shape index (κ2) is 7.74. The van der Waals surface area contributed by atoms with Crippen molar-refractivity contribution in [2.75, 3.05) is 26.2 Å². The highest BCUT2D eigenvalue weighted by Gasteiger charge is 2.39. The summed E-state index contributed by atoms with van der Waals surface area (Å²) in [4.78, 5) is 14.6. The molecule has 1 aromatic carbocycles. The molecule has 1 saturated heterocycles. The third kappa shape index (κ3) is 4.15. The number of nitrogens with two attached hydrogens (primary N) is 1. The molecule has 1 unspecified atom stereocenters. The van der Waals surface area contributed by atoms with E-state index in [-0.39, 0.29) is 19.0 Å². The van der Waals surface area contributed by atoms with Crippen molar-refractivity contribution in [3.8, 4) is 0 Å². The normalized spacial score (nSPS) is 19.1. The van der Waals surface area contributed by atoms with E-state index in [1.807, 2.05) is 13.8 Å². The zero-order valence-corrected chi connectivity index (χ0v) is 14.6. The Labute approximate surface area is 146 Å². The number of ether oxygens (including phenoxy) is 1. The highest BCUT2D eigenvalue weighted by molar-refractivity contribution is 5.83. The fraction of sp³-hybridized carbons (Fsp3) is 0.611. The Balaban J connectivity index is 2.20. The molecule has 0 bridgehead atoms. The molecule has 140 valence electrons. The first-order valence-electron chi connectivity index (χ1n) is 8.55. The van der Waals surface area contributed by atoms with E-state index in [2.05, 4.69) is 0 Å². The van der Waals surface area contributed by atoms with E-state index in [1.54, 1.807) is 11.0 Å². The number of nitrogens with zero attached hydrogens (tertiary/aromatic N) is 1. The smallest absolute Gasteiger partial charge is 0.370 e. The van der Waals surface area contributed by atoms with Crippen LogP contribution < -0.4 is 5.73 Å². The molecule has 1 aliphatic heterocycles. The Bertz CT molecular complexity index is 592. The van der Waals surface area contributed by atoms with Crippen LogP contribution in [0.25, 0.3) is 0 Å². The maximum atomic E-state index is 12.9. The fourth-order valence-corrected chi connectivity index (χ4v) is 3.21. The van der Waals surface area contributed by atoms with Gasteiger partial charge in [0, 0.05) is 13.1 Å². The van der Waals surface area contributed by atoms with Crippen molar-refractivity contribution >= 4 is 5.91 Å². The van der Waals surface area contributed by atoms with Gasteiger partial charge < -0.3 is 15.4 Å². The summed E-state index contributed by atoms with van der Waals surface area (Å²) in [6.07, 6.45) is -3.71. The second-order valence-electron chi connectivity index (χ2n) is 6.43. The molecule has 1 fully saturated rings. The zero-order valence-electron chi connectivity index (χ0n) is 14.6. The molecule has 0 aliphatic carbocycles. The molecule has 2 rings (SSSR count). The minimum Gasteiger partial charge on any atom is -0.370 e. The van der Waals surface area contributed by atoms with Crippen LogP contribution in [-0.4, -0.2) is 37.0 Å². The van der Waals surface area contributed by atoms with Gasteiger partial charge in [0.15, 0.2) is 0 Å². The Morgan fingerprint density at radius 1 is 1.32 bits per heavy atom. The van der Waals surface area contributed by atoms with Crippen LogP contribution in [0.5, 0.6) is 0 Å². The molecule has 7 heteroatoms. The third-order valence-electron chi connectivity index (χ3n) is 5.14. The van der Waals surface area contributed by atoms with Crippen LogP contribution in [0.1, 0.15) is 43.9 Å². The maximum absolute atomic E-state index is 12.9. The number of halogens is 3. The lowest BCUT2D eigenvalue weighted by Crippen LogP contribution is -2.51. The number of morpholine rings is 1. The average molecular weight is 358 g/mol. The molecule has 25 heavy (non-hydrogen) atoms. The molecule has 1 aliphatic rings. The molecule has 1 atom stereocenters. The molecule has 1 heterocycles. The molecule has 4 nitrogen and oxygen atoms in total. The van der Waals surface area contributed by atoms with Crippen molar-refractivity contribution in [1.29, 1.82) is 0 Å². The Kier molecular flexibility index (Phi) is 6.11. The molecule has 0 spiro atoms. The number of alkyl halides is 3. The molecule has 0 saturated carbocycles. The molecule has 0 aromatic heterocycles. The summed E-state index contributed by atoms with van der Waals surface area (Å²) in [6.45, 7) is 5.07. The van der Waals surface area contributed by atoms with E-state index in [0.717, 1.165) is 12.1 Å². The highest BCUT2D eigenvalue weighted by Crippen LogP contribution is 2.34. The molecular formula is C18H25F3N2O2. The molecule has 1 aromatic rings. The van der Waals surface area contributed by atoms with E-state index >= 15 is 0 Å². The fourth-order valence-electron chi connectivity index (χ4n) is 3.21. The molecular weight excluding hydrogens is 333 g/mol. The summed E-state index contributed by atoms with van der Waals surface area (Å²) in [5, 5.41) is 0. The number of amides is 1. The maximum Gasteiger partial charge on any atom is 0.416 e. The topological polar surface area (TPSA) is 55.6 Å². The van der Waals surface area contributed by atoms with Crippen LogP contribution in [0.3, 0.4) is 0 Å². The Morgan fingerprint density at radius 2 is 2.00 bits per heavy atom. The van der Waals surface area contributed by atoms with E-state index in [4.69, 9.17) is 10.5 Å². The van der Waals surface area contributed by atoms with Crippen molar-refractivity contribution in [1.82, 2.24) is 4.90 Å².